The van der Waals surface area contributed by atoms with Crippen LogP contribution in [0.5, 0.6) is 17.2 Å². The lowest BCUT2D eigenvalue weighted by molar-refractivity contribution is -0.129. The minimum atomic E-state index is -0.518. The fourth-order valence-electron chi connectivity index (χ4n) is 2.43. The molecule has 0 radical (unpaired) electrons. The van der Waals surface area contributed by atoms with Gasteiger partial charge in [0.2, 0.25) is 5.90 Å². The number of hydrogen-bond acceptors (Lipinski definition) is 6. The van der Waals surface area contributed by atoms with E-state index >= 15 is 0 Å². The molecule has 2 aromatic rings. The highest BCUT2D eigenvalue weighted by molar-refractivity contribution is 6.12. The average molecular weight is 339 g/mol. The number of methoxy groups -OCH3 is 3. The van der Waals surface area contributed by atoms with Crippen molar-refractivity contribution in [3.8, 4) is 17.2 Å². The number of carbonyl (C=O) groups is 1. The molecule has 0 aliphatic carbocycles. The van der Waals surface area contributed by atoms with Gasteiger partial charge in [0.1, 0.15) is 5.75 Å². The van der Waals surface area contributed by atoms with E-state index in [0.717, 1.165) is 5.56 Å². The molecule has 0 saturated heterocycles. The molecule has 2 aromatic carbocycles. The van der Waals surface area contributed by atoms with Crippen molar-refractivity contribution < 1.29 is 23.7 Å². The molecule has 3 rings (SSSR count). The molecule has 0 amide bonds. The van der Waals surface area contributed by atoms with Gasteiger partial charge in [0.25, 0.3) is 0 Å². The first kappa shape index (κ1) is 16.6. The van der Waals surface area contributed by atoms with E-state index in [9.17, 15) is 4.79 Å². The van der Waals surface area contributed by atoms with Crippen molar-refractivity contribution in [3.63, 3.8) is 0 Å². The van der Waals surface area contributed by atoms with Crippen LogP contribution in [0.3, 0.4) is 0 Å². The lowest BCUT2D eigenvalue weighted by Gasteiger charge is -2.12. The van der Waals surface area contributed by atoms with Gasteiger partial charge in [-0.1, -0.05) is 18.2 Å². The molecule has 0 fully saturated rings. The van der Waals surface area contributed by atoms with Crippen LogP contribution in [0.4, 0.5) is 0 Å². The zero-order chi connectivity index (χ0) is 17.8. The maximum Gasteiger partial charge on any atom is 0.363 e. The van der Waals surface area contributed by atoms with Crippen LogP contribution in [0.1, 0.15) is 11.1 Å². The van der Waals surface area contributed by atoms with E-state index < -0.39 is 5.97 Å². The monoisotopic (exact) mass is 339 g/mol. The molecule has 128 valence electrons. The van der Waals surface area contributed by atoms with Gasteiger partial charge in [-0.15, -0.1) is 0 Å². The third-order valence-corrected chi connectivity index (χ3v) is 3.67. The van der Waals surface area contributed by atoms with Crippen molar-refractivity contribution in [1.29, 1.82) is 0 Å². The Hall–Kier alpha value is -3.28. The maximum absolute atomic E-state index is 12.1. The zero-order valence-electron chi connectivity index (χ0n) is 14.1. The molecule has 6 nitrogen and oxygen atoms in total. The summed E-state index contributed by atoms with van der Waals surface area (Å²) >= 11 is 0. The van der Waals surface area contributed by atoms with Crippen molar-refractivity contribution >= 4 is 17.9 Å². The predicted molar refractivity (Wildman–Crippen MR) is 93.1 cm³/mol. The molecule has 0 spiro atoms. The second kappa shape index (κ2) is 7.09. The van der Waals surface area contributed by atoms with Crippen LogP contribution in [0, 0.1) is 0 Å². The van der Waals surface area contributed by atoms with Crippen LogP contribution in [-0.4, -0.2) is 33.2 Å². The van der Waals surface area contributed by atoms with E-state index in [1.54, 1.807) is 25.3 Å². The van der Waals surface area contributed by atoms with Gasteiger partial charge in [0.15, 0.2) is 17.2 Å². The minimum Gasteiger partial charge on any atom is -0.496 e. The van der Waals surface area contributed by atoms with E-state index in [-0.39, 0.29) is 11.6 Å². The maximum atomic E-state index is 12.1. The Labute approximate surface area is 145 Å². The summed E-state index contributed by atoms with van der Waals surface area (Å²) in [5.74, 6) is 1.34. The Bertz CT molecular complexity index is 856. The molecule has 1 aliphatic heterocycles. The largest absolute Gasteiger partial charge is 0.496 e. The van der Waals surface area contributed by atoms with E-state index in [2.05, 4.69) is 4.99 Å². The summed E-state index contributed by atoms with van der Waals surface area (Å²) in [6.45, 7) is 0. The first-order valence-corrected chi connectivity index (χ1v) is 7.54. The highest BCUT2D eigenvalue weighted by Crippen LogP contribution is 2.36. The summed E-state index contributed by atoms with van der Waals surface area (Å²) in [6.07, 6.45) is 1.60. The Morgan fingerprint density at radius 1 is 0.920 bits per heavy atom. The van der Waals surface area contributed by atoms with Crippen LogP contribution < -0.4 is 14.2 Å². The van der Waals surface area contributed by atoms with Crippen molar-refractivity contribution in [3.05, 3.63) is 59.3 Å². The number of rotatable bonds is 5. The van der Waals surface area contributed by atoms with Gasteiger partial charge < -0.3 is 18.9 Å². The second-order valence-electron chi connectivity index (χ2n) is 5.15. The third kappa shape index (κ3) is 3.33. The van der Waals surface area contributed by atoms with Gasteiger partial charge in [-0.05, 0) is 24.3 Å². The zero-order valence-corrected chi connectivity index (χ0v) is 14.1. The molecule has 1 heterocycles. The fourth-order valence-corrected chi connectivity index (χ4v) is 2.43. The quantitative estimate of drug-likeness (QED) is 0.619. The number of carbonyl (C=O) groups excluding carboxylic acids is 1. The fraction of sp³-hybridized carbons (Fsp3) is 0.158. The molecule has 0 aromatic heterocycles. The molecule has 0 bridgehead atoms. The molecule has 0 saturated carbocycles. The number of aliphatic imine (C=N–C) groups is 1. The summed E-state index contributed by atoms with van der Waals surface area (Å²) in [5.41, 5.74) is 1.55. The summed E-state index contributed by atoms with van der Waals surface area (Å²) in [6, 6.07) is 12.6. The van der Waals surface area contributed by atoms with E-state index in [0.29, 0.717) is 22.8 Å². The average Bonchev–Trinajstić information content (AvgIpc) is 3.02. The summed E-state index contributed by atoms with van der Waals surface area (Å²) in [7, 11) is 4.62. The lowest BCUT2D eigenvalue weighted by Crippen LogP contribution is -2.05. The van der Waals surface area contributed by atoms with Crippen LogP contribution in [0.2, 0.25) is 0 Å². The SMILES string of the molecule is COc1cc(OC)c(OC)cc1/C=C1/N=C(c2ccccc2)OC1=O. The highest BCUT2D eigenvalue weighted by atomic mass is 16.6. The van der Waals surface area contributed by atoms with E-state index in [1.807, 2.05) is 30.3 Å². The van der Waals surface area contributed by atoms with E-state index in [4.69, 9.17) is 18.9 Å². The minimum absolute atomic E-state index is 0.185. The summed E-state index contributed by atoms with van der Waals surface area (Å²) < 4.78 is 21.2. The number of cyclic esters (lactones) is 1. The second-order valence-corrected chi connectivity index (χ2v) is 5.15. The van der Waals surface area contributed by atoms with Gasteiger partial charge in [-0.25, -0.2) is 9.79 Å². The predicted octanol–water partition coefficient (Wildman–Crippen LogP) is 3.06. The molecule has 0 unspecified atom stereocenters. The molecular weight excluding hydrogens is 322 g/mol. The summed E-state index contributed by atoms with van der Waals surface area (Å²) in [4.78, 5) is 16.4. The number of ether oxygens (including phenoxy) is 4. The van der Waals surface area contributed by atoms with E-state index in [1.165, 1.54) is 14.2 Å². The molecule has 1 aliphatic rings. The van der Waals surface area contributed by atoms with Crippen molar-refractivity contribution in [2.24, 2.45) is 4.99 Å². The number of hydrogen-bond donors (Lipinski definition) is 0. The molecular formula is C19H17NO5. The van der Waals surface area contributed by atoms with Crippen LogP contribution >= 0.6 is 0 Å². The van der Waals surface area contributed by atoms with Gasteiger partial charge >= 0.3 is 5.97 Å². The summed E-state index contributed by atoms with van der Waals surface area (Å²) in [5, 5.41) is 0. The van der Waals surface area contributed by atoms with Crippen LogP contribution in [0.15, 0.2) is 53.2 Å². The number of nitrogens with zero attached hydrogens (tertiary/aromatic N) is 1. The topological polar surface area (TPSA) is 66.3 Å². The smallest absolute Gasteiger partial charge is 0.363 e. The molecule has 6 heteroatoms. The molecule has 0 N–H and O–H groups in total. The number of benzene rings is 2. The molecule has 25 heavy (non-hydrogen) atoms. The first-order chi connectivity index (χ1) is 12.2. The van der Waals surface area contributed by atoms with Gasteiger partial charge in [-0.3, -0.25) is 0 Å². The van der Waals surface area contributed by atoms with Crippen molar-refractivity contribution in [1.82, 2.24) is 0 Å². The van der Waals surface area contributed by atoms with Gasteiger partial charge in [0, 0.05) is 17.2 Å². The van der Waals surface area contributed by atoms with Crippen molar-refractivity contribution in [2.45, 2.75) is 0 Å². The Morgan fingerprint density at radius 3 is 2.20 bits per heavy atom. The van der Waals surface area contributed by atoms with Crippen LogP contribution in [-0.2, 0) is 9.53 Å². The third-order valence-electron chi connectivity index (χ3n) is 3.67. The lowest BCUT2D eigenvalue weighted by atomic mass is 10.1. The Kier molecular flexibility index (Phi) is 4.70. The van der Waals surface area contributed by atoms with Gasteiger partial charge in [-0.2, -0.15) is 0 Å². The van der Waals surface area contributed by atoms with Gasteiger partial charge in [0.05, 0.1) is 21.3 Å². The normalized spacial score (nSPS) is 14.9. The Balaban J connectivity index is 2.02. The highest BCUT2D eigenvalue weighted by Gasteiger charge is 2.24. The molecule has 0 atom stereocenters. The van der Waals surface area contributed by atoms with Crippen molar-refractivity contribution in [2.75, 3.05) is 21.3 Å². The Morgan fingerprint density at radius 2 is 1.56 bits per heavy atom. The van der Waals surface area contributed by atoms with Crippen LogP contribution in [0.25, 0.3) is 6.08 Å². The standard InChI is InChI=1S/C19H17NO5/c1-22-15-11-17(24-3)16(23-2)10-13(15)9-14-19(21)25-18(20-14)12-7-5-4-6-8-12/h4-11H,1-3H3/b14-9+. The number of esters is 1. The first-order valence-electron chi connectivity index (χ1n) is 7.54.